The zero-order chi connectivity index (χ0) is 22.2. The fourth-order valence-corrected chi connectivity index (χ4v) is 3.50. The van der Waals surface area contributed by atoms with Crippen molar-refractivity contribution in [3.05, 3.63) is 100 Å². The maximum Gasteiger partial charge on any atom is 0.231 e. The van der Waals surface area contributed by atoms with Gasteiger partial charge in [-0.25, -0.2) is 4.39 Å². The van der Waals surface area contributed by atoms with Crippen molar-refractivity contribution in [2.24, 2.45) is 0 Å². The molecule has 1 aliphatic rings. The van der Waals surface area contributed by atoms with E-state index in [1.165, 1.54) is 17.7 Å². The highest BCUT2D eigenvalue weighted by Gasteiger charge is 2.30. The van der Waals surface area contributed by atoms with Gasteiger partial charge in [-0.15, -0.1) is 0 Å². The normalized spacial score (nSPS) is 14.5. The molecule has 0 unspecified atom stereocenters. The Labute approximate surface area is 182 Å². The van der Waals surface area contributed by atoms with E-state index < -0.39 is 0 Å². The number of allylic oxidation sites excluding steroid dienone is 1. The second-order valence-corrected chi connectivity index (χ2v) is 8.79. The van der Waals surface area contributed by atoms with Crippen molar-refractivity contribution in [2.75, 3.05) is 0 Å². The first-order chi connectivity index (χ1) is 14.7. The van der Waals surface area contributed by atoms with Gasteiger partial charge >= 0.3 is 0 Å². The first kappa shape index (κ1) is 20.9. The summed E-state index contributed by atoms with van der Waals surface area (Å²) in [6, 6.07) is 17.8. The largest absolute Gasteiger partial charge is 0.488 e. The number of benzene rings is 3. The Hall–Kier alpha value is -3.40. The molecule has 0 radical (unpaired) electrons. The SMILES string of the molecule is Cc1c(OCc2ccc(F)cc2)ccc2c1O/C(=C\c1ccc(C(C)(C)C)cc1)C2=O. The molecular weight excluding hydrogens is 391 g/mol. The summed E-state index contributed by atoms with van der Waals surface area (Å²) in [7, 11) is 0. The molecule has 4 rings (SSSR count). The Morgan fingerprint density at radius 1 is 0.968 bits per heavy atom. The van der Waals surface area contributed by atoms with Gasteiger partial charge in [0.15, 0.2) is 5.76 Å². The summed E-state index contributed by atoms with van der Waals surface area (Å²) in [5.41, 5.74) is 4.37. The lowest BCUT2D eigenvalue weighted by atomic mass is 9.86. The molecule has 1 heterocycles. The fraction of sp³-hybridized carbons (Fsp3) is 0.222. The minimum Gasteiger partial charge on any atom is -0.488 e. The molecular formula is C27H25FO3. The van der Waals surface area contributed by atoms with Gasteiger partial charge in [0.2, 0.25) is 5.78 Å². The molecule has 0 bridgehead atoms. The van der Waals surface area contributed by atoms with E-state index in [4.69, 9.17) is 9.47 Å². The van der Waals surface area contributed by atoms with Crippen LogP contribution in [-0.4, -0.2) is 5.78 Å². The molecule has 0 saturated carbocycles. The van der Waals surface area contributed by atoms with Crippen molar-refractivity contribution >= 4 is 11.9 Å². The van der Waals surface area contributed by atoms with Crippen molar-refractivity contribution in [2.45, 2.75) is 39.7 Å². The predicted molar refractivity (Wildman–Crippen MR) is 120 cm³/mol. The summed E-state index contributed by atoms with van der Waals surface area (Å²) in [4.78, 5) is 12.8. The minimum absolute atomic E-state index is 0.0724. The van der Waals surface area contributed by atoms with Gasteiger partial charge in [-0.1, -0.05) is 57.2 Å². The Balaban J connectivity index is 1.53. The van der Waals surface area contributed by atoms with Crippen molar-refractivity contribution < 1.29 is 18.7 Å². The van der Waals surface area contributed by atoms with Gasteiger partial charge in [-0.2, -0.15) is 0 Å². The summed E-state index contributed by atoms with van der Waals surface area (Å²) in [5.74, 6) is 1.04. The van der Waals surface area contributed by atoms with E-state index in [1.807, 2.05) is 19.1 Å². The monoisotopic (exact) mass is 416 g/mol. The van der Waals surface area contributed by atoms with Crippen LogP contribution in [0.4, 0.5) is 4.39 Å². The third-order valence-electron chi connectivity index (χ3n) is 5.42. The first-order valence-corrected chi connectivity index (χ1v) is 10.3. The summed E-state index contributed by atoms with van der Waals surface area (Å²) in [6.07, 6.45) is 1.77. The van der Waals surface area contributed by atoms with Crippen LogP contribution in [0.1, 0.15) is 53.4 Å². The van der Waals surface area contributed by atoms with Crippen LogP contribution >= 0.6 is 0 Å². The van der Waals surface area contributed by atoms with Crippen LogP contribution in [0.15, 0.2) is 66.4 Å². The van der Waals surface area contributed by atoms with Crippen LogP contribution < -0.4 is 9.47 Å². The summed E-state index contributed by atoms with van der Waals surface area (Å²) < 4.78 is 24.9. The van der Waals surface area contributed by atoms with Crippen molar-refractivity contribution in [1.29, 1.82) is 0 Å². The molecule has 0 atom stereocenters. The van der Waals surface area contributed by atoms with Gasteiger partial charge in [-0.05, 0) is 59.4 Å². The summed E-state index contributed by atoms with van der Waals surface area (Å²) >= 11 is 0. The zero-order valence-corrected chi connectivity index (χ0v) is 18.2. The maximum atomic E-state index is 13.1. The molecule has 1 aliphatic heterocycles. The topological polar surface area (TPSA) is 35.5 Å². The summed E-state index contributed by atoms with van der Waals surface area (Å²) in [6.45, 7) is 8.67. The third kappa shape index (κ3) is 4.38. The average Bonchev–Trinajstić information content (AvgIpc) is 3.05. The van der Waals surface area contributed by atoms with Gasteiger partial charge < -0.3 is 9.47 Å². The van der Waals surface area contributed by atoms with E-state index in [9.17, 15) is 9.18 Å². The number of hydrogen-bond donors (Lipinski definition) is 0. The molecule has 0 spiro atoms. The van der Waals surface area contributed by atoms with Crippen molar-refractivity contribution in [3.63, 3.8) is 0 Å². The highest BCUT2D eigenvalue weighted by molar-refractivity contribution is 6.14. The molecule has 0 amide bonds. The van der Waals surface area contributed by atoms with Gasteiger partial charge in [0.05, 0.1) is 5.56 Å². The van der Waals surface area contributed by atoms with Crippen LogP contribution in [0.5, 0.6) is 11.5 Å². The van der Waals surface area contributed by atoms with E-state index in [0.29, 0.717) is 29.4 Å². The smallest absolute Gasteiger partial charge is 0.231 e. The number of carbonyl (C=O) groups is 1. The number of ether oxygens (including phenoxy) is 2. The van der Waals surface area contributed by atoms with Gasteiger partial charge in [-0.3, -0.25) is 4.79 Å². The standard InChI is InChI=1S/C27H25FO3/c1-17-23(30-16-19-7-11-21(28)12-8-19)14-13-22-25(29)24(31-26(17)22)15-18-5-9-20(10-6-18)27(2,3)4/h5-15H,16H2,1-4H3/b24-15-. The molecule has 31 heavy (non-hydrogen) atoms. The first-order valence-electron chi connectivity index (χ1n) is 10.3. The van der Waals surface area contributed by atoms with Crippen LogP contribution in [0.2, 0.25) is 0 Å². The van der Waals surface area contributed by atoms with Crippen molar-refractivity contribution in [1.82, 2.24) is 0 Å². The fourth-order valence-electron chi connectivity index (χ4n) is 3.50. The maximum absolute atomic E-state index is 13.1. The molecule has 3 aromatic rings. The molecule has 4 heteroatoms. The number of hydrogen-bond acceptors (Lipinski definition) is 3. The van der Waals surface area contributed by atoms with Gasteiger partial charge in [0.25, 0.3) is 0 Å². The quantitative estimate of drug-likeness (QED) is 0.448. The highest BCUT2D eigenvalue weighted by Crippen LogP contribution is 2.39. The van der Waals surface area contributed by atoms with Crippen LogP contribution in [0, 0.1) is 12.7 Å². The third-order valence-corrected chi connectivity index (χ3v) is 5.42. The number of fused-ring (bicyclic) bond motifs is 1. The molecule has 0 fully saturated rings. The molecule has 0 saturated heterocycles. The van der Waals surface area contributed by atoms with E-state index >= 15 is 0 Å². The Kier molecular flexibility index (Phi) is 5.40. The molecule has 0 N–H and O–H groups in total. The molecule has 0 aliphatic carbocycles. The molecule has 3 aromatic carbocycles. The lowest BCUT2D eigenvalue weighted by Crippen LogP contribution is -2.10. The number of halogens is 1. The number of ketones is 1. The molecule has 0 aromatic heterocycles. The van der Waals surface area contributed by atoms with E-state index in [2.05, 4.69) is 32.9 Å². The Morgan fingerprint density at radius 2 is 1.65 bits per heavy atom. The number of rotatable bonds is 4. The zero-order valence-electron chi connectivity index (χ0n) is 18.2. The molecule has 3 nitrogen and oxygen atoms in total. The van der Waals surface area contributed by atoms with E-state index in [1.54, 1.807) is 30.3 Å². The lowest BCUT2D eigenvalue weighted by molar-refractivity contribution is 0.101. The van der Waals surface area contributed by atoms with Crippen LogP contribution in [-0.2, 0) is 12.0 Å². The second-order valence-electron chi connectivity index (χ2n) is 8.79. The second kappa shape index (κ2) is 8.03. The van der Waals surface area contributed by atoms with Gasteiger partial charge in [0.1, 0.15) is 23.9 Å². The Bertz CT molecular complexity index is 1150. The predicted octanol–water partition coefficient (Wildman–Crippen LogP) is 6.63. The highest BCUT2D eigenvalue weighted by atomic mass is 19.1. The van der Waals surface area contributed by atoms with Crippen LogP contribution in [0.3, 0.4) is 0 Å². The average molecular weight is 416 g/mol. The number of carbonyl (C=O) groups excluding carboxylic acids is 1. The summed E-state index contributed by atoms with van der Waals surface area (Å²) in [5, 5.41) is 0. The lowest BCUT2D eigenvalue weighted by Gasteiger charge is -2.18. The van der Waals surface area contributed by atoms with E-state index in [0.717, 1.165) is 16.7 Å². The molecule has 158 valence electrons. The Morgan fingerprint density at radius 3 is 2.29 bits per heavy atom. The van der Waals surface area contributed by atoms with E-state index in [-0.39, 0.29) is 17.0 Å². The van der Waals surface area contributed by atoms with Crippen LogP contribution in [0.25, 0.3) is 6.08 Å². The van der Waals surface area contributed by atoms with Crippen molar-refractivity contribution in [3.8, 4) is 11.5 Å². The minimum atomic E-state index is -0.281. The number of Topliss-reactive ketones (excluding diaryl/α,β-unsaturated/α-hetero) is 1. The van der Waals surface area contributed by atoms with Gasteiger partial charge in [0, 0.05) is 5.56 Å².